The van der Waals surface area contributed by atoms with Crippen molar-refractivity contribution in [2.45, 2.75) is 19.1 Å². The van der Waals surface area contributed by atoms with Crippen molar-refractivity contribution in [3.8, 4) is 0 Å². The molecule has 0 unspecified atom stereocenters. The van der Waals surface area contributed by atoms with Crippen molar-refractivity contribution in [1.82, 2.24) is 4.90 Å². The van der Waals surface area contributed by atoms with E-state index in [-0.39, 0.29) is 6.42 Å². The van der Waals surface area contributed by atoms with Crippen LogP contribution in [-0.4, -0.2) is 23.9 Å². The summed E-state index contributed by atoms with van der Waals surface area (Å²) in [5, 5.41) is 0. The Kier molecular flexibility index (Phi) is 4.48. The van der Waals surface area contributed by atoms with Gasteiger partial charge in [0, 0.05) is 6.54 Å². The summed E-state index contributed by atoms with van der Waals surface area (Å²) in [6, 6.07) is 8.83. The molecule has 0 fully saturated rings. The molecule has 0 bridgehead atoms. The summed E-state index contributed by atoms with van der Waals surface area (Å²) in [5.41, 5.74) is 0.848. The first-order chi connectivity index (χ1) is 7.91. The van der Waals surface area contributed by atoms with Crippen molar-refractivity contribution in [1.29, 1.82) is 0 Å². The van der Waals surface area contributed by atoms with Gasteiger partial charge in [0.25, 0.3) is 0 Å². The van der Waals surface area contributed by atoms with Gasteiger partial charge in [-0.1, -0.05) is 30.3 Å². The van der Waals surface area contributed by atoms with Crippen LogP contribution in [0.5, 0.6) is 0 Å². The number of amides is 1. The molecule has 0 aliphatic rings. The number of nitrogens with zero attached hydrogens (tertiary/aromatic N) is 1. The van der Waals surface area contributed by atoms with E-state index in [0.29, 0.717) is 6.42 Å². The predicted octanol–water partition coefficient (Wildman–Crippen LogP) is 3.53. The molecule has 0 aliphatic heterocycles. The fourth-order valence-electron chi connectivity index (χ4n) is 1.40. The van der Waals surface area contributed by atoms with Gasteiger partial charge in [-0.05, 0) is 18.4 Å². The first kappa shape index (κ1) is 13.5. The van der Waals surface area contributed by atoms with Crippen LogP contribution in [0.2, 0.25) is 0 Å². The predicted molar refractivity (Wildman–Crippen MR) is 54.0 cm³/mol. The van der Waals surface area contributed by atoms with E-state index in [4.69, 9.17) is 0 Å². The molecule has 0 aliphatic carbocycles. The van der Waals surface area contributed by atoms with Gasteiger partial charge in [-0.15, -0.1) is 17.6 Å². The second kappa shape index (κ2) is 5.65. The average molecular weight is 249 g/mol. The van der Waals surface area contributed by atoms with Crippen molar-refractivity contribution >= 4 is 6.16 Å². The van der Waals surface area contributed by atoms with Crippen molar-refractivity contribution in [3.05, 3.63) is 35.9 Å². The van der Waals surface area contributed by atoms with Gasteiger partial charge in [0.1, 0.15) is 0 Å². The monoisotopic (exact) mass is 249 g/mol. The molecular formula is C11H11F4NO. The van der Waals surface area contributed by atoms with Crippen LogP contribution in [0, 0.1) is 0 Å². The number of aryl methyl sites for hydroxylation is 1. The van der Waals surface area contributed by atoms with Crippen LogP contribution in [0.25, 0.3) is 0 Å². The Labute approximate surface area is 95.8 Å². The maximum atomic E-state index is 12.2. The number of carbonyl (C=O) groups excluding carboxylic acids is 1. The molecule has 1 aromatic rings. The number of halogens is 4. The fourth-order valence-corrected chi connectivity index (χ4v) is 1.40. The van der Waals surface area contributed by atoms with E-state index < -0.39 is 23.9 Å². The molecule has 0 atom stereocenters. The highest BCUT2D eigenvalue weighted by atomic mass is 19.4. The van der Waals surface area contributed by atoms with Crippen LogP contribution in [0.4, 0.5) is 22.4 Å². The van der Waals surface area contributed by atoms with Crippen molar-refractivity contribution < 1.29 is 22.4 Å². The third-order valence-corrected chi connectivity index (χ3v) is 2.21. The van der Waals surface area contributed by atoms with Crippen LogP contribution in [-0.2, 0) is 6.42 Å². The van der Waals surface area contributed by atoms with Crippen LogP contribution < -0.4 is 0 Å². The van der Waals surface area contributed by atoms with Gasteiger partial charge in [-0.25, -0.2) is 9.69 Å². The average Bonchev–Trinajstić information content (AvgIpc) is 2.23. The van der Waals surface area contributed by atoms with Crippen molar-refractivity contribution in [3.63, 3.8) is 0 Å². The van der Waals surface area contributed by atoms with E-state index >= 15 is 0 Å². The first-order valence-corrected chi connectivity index (χ1v) is 4.99. The van der Waals surface area contributed by atoms with Gasteiger partial charge >= 0.3 is 12.5 Å². The zero-order chi connectivity index (χ0) is 12.9. The normalized spacial score (nSPS) is 11.3. The maximum absolute atomic E-state index is 12.2. The van der Waals surface area contributed by atoms with Crippen molar-refractivity contribution in [2.24, 2.45) is 0 Å². The molecule has 0 saturated carbocycles. The van der Waals surface area contributed by atoms with Gasteiger partial charge < -0.3 is 0 Å². The van der Waals surface area contributed by atoms with E-state index in [1.54, 1.807) is 30.3 Å². The van der Waals surface area contributed by atoms with Crippen LogP contribution >= 0.6 is 0 Å². The smallest absolute Gasteiger partial charge is 0.234 e. The lowest BCUT2D eigenvalue weighted by molar-refractivity contribution is -0.226. The fraction of sp³-hybridized carbons (Fsp3) is 0.364. The third-order valence-electron chi connectivity index (χ3n) is 2.21. The van der Waals surface area contributed by atoms with E-state index in [1.807, 2.05) is 0 Å². The number of hydrogen-bond donors (Lipinski definition) is 0. The highest BCUT2D eigenvalue weighted by Gasteiger charge is 2.40. The Hall–Kier alpha value is -1.59. The quantitative estimate of drug-likeness (QED) is 0.454. The first-order valence-electron chi connectivity index (χ1n) is 4.99. The number of benzene rings is 1. The van der Waals surface area contributed by atoms with E-state index in [9.17, 15) is 22.4 Å². The second-order valence-corrected chi connectivity index (χ2v) is 3.46. The summed E-state index contributed by atoms with van der Waals surface area (Å²) in [6.45, 7) is -0.673. The summed E-state index contributed by atoms with van der Waals surface area (Å²) < 4.78 is 48.6. The summed E-state index contributed by atoms with van der Waals surface area (Å²) >= 11 is 0. The molecule has 94 valence electrons. The lowest BCUT2D eigenvalue weighted by atomic mass is 10.1. The number of rotatable bonds is 4. The van der Waals surface area contributed by atoms with Crippen molar-refractivity contribution in [2.75, 3.05) is 6.54 Å². The minimum Gasteiger partial charge on any atom is -0.234 e. The van der Waals surface area contributed by atoms with Gasteiger partial charge in [0.15, 0.2) is 0 Å². The molecule has 1 aromatic carbocycles. The van der Waals surface area contributed by atoms with Crippen LogP contribution in [0.3, 0.4) is 0 Å². The molecule has 6 heteroatoms. The number of carbonyl (C=O) groups is 1. The standard InChI is InChI=1S/C11H11F4NO/c12-10(17)16(11(13,14)15)8-4-7-9-5-2-1-3-6-9/h1-3,5-6H,4,7-8H2. The Bertz CT molecular complexity index is 363. The molecule has 0 saturated heterocycles. The Balaban J connectivity index is 2.46. The summed E-state index contributed by atoms with van der Waals surface area (Å²) in [6.07, 6.45) is -7.01. The molecule has 0 spiro atoms. The maximum Gasteiger partial charge on any atom is 0.489 e. The van der Waals surface area contributed by atoms with Gasteiger partial charge in [-0.2, -0.15) is 0 Å². The summed E-state index contributed by atoms with van der Waals surface area (Å²) in [4.78, 5) is 9.45. The molecule has 0 heterocycles. The van der Waals surface area contributed by atoms with Crippen LogP contribution in [0.15, 0.2) is 30.3 Å². The highest BCUT2D eigenvalue weighted by Crippen LogP contribution is 2.22. The number of hydrogen-bond acceptors (Lipinski definition) is 1. The zero-order valence-electron chi connectivity index (χ0n) is 8.88. The SMILES string of the molecule is O=C(F)N(CCCc1ccccc1)C(F)(F)F. The van der Waals surface area contributed by atoms with E-state index in [2.05, 4.69) is 0 Å². The Morgan fingerprint density at radius 3 is 2.24 bits per heavy atom. The lowest BCUT2D eigenvalue weighted by Gasteiger charge is -2.20. The highest BCUT2D eigenvalue weighted by molar-refractivity contribution is 5.66. The summed E-state index contributed by atoms with van der Waals surface area (Å²) in [5.74, 6) is 0. The number of alkyl halides is 3. The van der Waals surface area contributed by atoms with Gasteiger partial charge in [0.2, 0.25) is 0 Å². The molecule has 1 rings (SSSR count). The van der Waals surface area contributed by atoms with Crippen LogP contribution in [0.1, 0.15) is 12.0 Å². The molecule has 17 heavy (non-hydrogen) atoms. The molecule has 1 amide bonds. The van der Waals surface area contributed by atoms with Gasteiger partial charge in [0.05, 0.1) is 0 Å². The Morgan fingerprint density at radius 2 is 1.76 bits per heavy atom. The molecular weight excluding hydrogens is 238 g/mol. The second-order valence-electron chi connectivity index (χ2n) is 3.46. The molecule has 0 aromatic heterocycles. The summed E-state index contributed by atoms with van der Waals surface area (Å²) in [7, 11) is 0. The largest absolute Gasteiger partial charge is 0.489 e. The third kappa shape index (κ3) is 4.42. The minimum atomic E-state index is -4.96. The lowest BCUT2D eigenvalue weighted by Crippen LogP contribution is -2.41. The van der Waals surface area contributed by atoms with E-state index in [0.717, 1.165) is 5.56 Å². The minimum absolute atomic E-state index is 0.0547. The van der Waals surface area contributed by atoms with Gasteiger partial charge in [-0.3, -0.25) is 0 Å². The van der Waals surface area contributed by atoms with E-state index in [1.165, 1.54) is 0 Å². The zero-order valence-corrected chi connectivity index (χ0v) is 8.88. The molecule has 2 nitrogen and oxygen atoms in total. The Morgan fingerprint density at radius 1 is 1.18 bits per heavy atom. The topological polar surface area (TPSA) is 20.3 Å². The molecule has 0 radical (unpaired) electrons. The molecule has 0 N–H and O–H groups in total.